The zero-order valence-corrected chi connectivity index (χ0v) is 10.6. The lowest BCUT2D eigenvalue weighted by molar-refractivity contribution is 0.122. The molecule has 1 aliphatic rings. The Kier molecular flexibility index (Phi) is 3.73. The van der Waals surface area contributed by atoms with Crippen LogP contribution in [0.4, 0.5) is 5.13 Å². The van der Waals surface area contributed by atoms with Crippen LogP contribution in [0.2, 0.25) is 0 Å². The second-order valence-corrected chi connectivity index (χ2v) is 5.40. The molecule has 1 N–H and O–H groups in total. The molecule has 0 amide bonds. The SMILES string of the molecule is Cc1nnc(N2CCN(C[C@@H](C)O)CC2)s1. The molecule has 0 unspecified atom stereocenters. The van der Waals surface area contributed by atoms with Crippen molar-refractivity contribution in [3.8, 4) is 0 Å². The number of piperazine rings is 1. The third-order valence-corrected chi connectivity index (χ3v) is 3.58. The molecule has 1 saturated heterocycles. The first kappa shape index (κ1) is 11.8. The van der Waals surface area contributed by atoms with Gasteiger partial charge in [-0.25, -0.2) is 0 Å². The van der Waals surface area contributed by atoms with E-state index >= 15 is 0 Å². The Morgan fingerprint density at radius 3 is 2.50 bits per heavy atom. The van der Waals surface area contributed by atoms with Gasteiger partial charge in [-0.2, -0.15) is 0 Å². The molecular formula is C10H18N4OS. The van der Waals surface area contributed by atoms with E-state index in [1.807, 2.05) is 13.8 Å². The van der Waals surface area contributed by atoms with Crippen LogP contribution < -0.4 is 4.90 Å². The van der Waals surface area contributed by atoms with E-state index in [9.17, 15) is 5.11 Å². The first-order chi connectivity index (χ1) is 7.65. The molecular weight excluding hydrogens is 224 g/mol. The van der Waals surface area contributed by atoms with Crippen LogP contribution in [-0.2, 0) is 0 Å². The summed E-state index contributed by atoms with van der Waals surface area (Å²) in [5, 5.41) is 19.5. The number of nitrogens with zero attached hydrogens (tertiary/aromatic N) is 4. The van der Waals surface area contributed by atoms with E-state index in [0.29, 0.717) is 0 Å². The van der Waals surface area contributed by atoms with E-state index < -0.39 is 0 Å². The van der Waals surface area contributed by atoms with Gasteiger partial charge in [-0.3, -0.25) is 4.90 Å². The van der Waals surface area contributed by atoms with Crippen molar-refractivity contribution in [3.63, 3.8) is 0 Å². The molecule has 0 aromatic carbocycles. The molecule has 6 heteroatoms. The summed E-state index contributed by atoms with van der Waals surface area (Å²) in [4.78, 5) is 4.55. The van der Waals surface area contributed by atoms with Gasteiger partial charge in [-0.05, 0) is 13.8 Å². The monoisotopic (exact) mass is 242 g/mol. The smallest absolute Gasteiger partial charge is 0.208 e. The van der Waals surface area contributed by atoms with Gasteiger partial charge < -0.3 is 10.0 Å². The molecule has 2 heterocycles. The van der Waals surface area contributed by atoms with Crippen LogP contribution in [0.5, 0.6) is 0 Å². The van der Waals surface area contributed by atoms with Crippen LogP contribution in [0.3, 0.4) is 0 Å². The highest BCUT2D eigenvalue weighted by Crippen LogP contribution is 2.20. The van der Waals surface area contributed by atoms with Gasteiger partial charge in [0.1, 0.15) is 5.01 Å². The summed E-state index contributed by atoms with van der Waals surface area (Å²) in [6.07, 6.45) is -0.240. The summed E-state index contributed by atoms with van der Waals surface area (Å²) in [5.41, 5.74) is 0. The number of hydrogen-bond donors (Lipinski definition) is 1. The first-order valence-electron chi connectivity index (χ1n) is 5.60. The third kappa shape index (κ3) is 2.90. The Labute approximate surface area is 99.7 Å². The van der Waals surface area contributed by atoms with Gasteiger partial charge in [0, 0.05) is 32.7 Å². The minimum Gasteiger partial charge on any atom is -0.392 e. The van der Waals surface area contributed by atoms with Crippen LogP contribution in [0.1, 0.15) is 11.9 Å². The highest BCUT2D eigenvalue weighted by molar-refractivity contribution is 7.15. The third-order valence-electron chi connectivity index (χ3n) is 2.68. The molecule has 5 nitrogen and oxygen atoms in total. The van der Waals surface area contributed by atoms with Crippen molar-refractivity contribution in [2.75, 3.05) is 37.6 Å². The van der Waals surface area contributed by atoms with E-state index in [0.717, 1.165) is 42.9 Å². The zero-order valence-electron chi connectivity index (χ0n) is 9.76. The maximum atomic E-state index is 9.32. The Hall–Kier alpha value is -0.720. The summed E-state index contributed by atoms with van der Waals surface area (Å²) < 4.78 is 0. The first-order valence-corrected chi connectivity index (χ1v) is 6.42. The van der Waals surface area contributed by atoms with Crippen molar-refractivity contribution in [2.24, 2.45) is 0 Å². The number of hydrogen-bond acceptors (Lipinski definition) is 6. The van der Waals surface area contributed by atoms with Gasteiger partial charge in [-0.1, -0.05) is 11.3 Å². The number of aliphatic hydroxyl groups excluding tert-OH is 1. The van der Waals surface area contributed by atoms with Crippen molar-refractivity contribution in [3.05, 3.63) is 5.01 Å². The topological polar surface area (TPSA) is 52.5 Å². The fraction of sp³-hybridized carbons (Fsp3) is 0.800. The fourth-order valence-corrected chi connectivity index (χ4v) is 2.65. The molecule has 0 radical (unpaired) electrons. The Balaban J connectivity index is 1.85. The second kappa shape index (κ2) is 5.07. The van der Waals surface area contributed by atoms with Crippen molar-refractivity contribution in [2.45, 2.75) is 20.0 Å². The lowest BCUT2D eigenvalue weighted by Gasteiger charge is -2.34. The molecule has 0 saturated carbocycles. The number of rotatable bonds is 3. The molecule has 2 rings (SSSR count). The molecule has 1 atom stereocenters. The standard InChI is InChI=1S/C10H18N4OS/c1-8(15)7-13-3-5-14(6-4-13)10-12-11-9(2)16-10/h8,15H,3-7H2,1-2H3/t8-/m1/s1. The summed E-state index contributed by atoms with van der Waals surface area (Å²) in [7, 11) is 0. The van der Waals surface area contributed by atoms with Crippen molar-refractivity contribution >= 4 is 16.5 Å². The summed E-state index contributed by atoms with van der Waals surface area (Å²) in [5.74, 6) is 0. The lowest BCUT2D eigenvalue weighted by atomic mass is 10.3. The van der Waals surface area contributed by atoms with Crippen LogP contribution in [-0.4, -0.2) is 59.0 Å². The number of aliphatic hydroxyl groups is 1. The minimum absolute atomic E-state index is 0.240. The quantitative estimate of drug-likeness (QED) is 0.829. The van der Waals surface area contributed by atoms with Gasteiger partial charge in [0.15, 0.2) is 0 Å². The van der Waals surface area contributed by atoms with Gasteiger partial charge in [0.25, 0.3) is 0 Å². The maximum absolute atomic E-state index is 9.32. The van der Waals surface area contributed by atoms with Crippen LogP contribution >= 0.6 is 11.3 Å². The van der Waals surface area contributed by atoms with Gasteiger partial charge in [-0.15, -0.1) is 10.2 Å². The molecule has 16 heavy (non-hydrogen) atoms. The highest BCUT2D eigenvalue weighted by Gasteiger charge is 2.20. The van der Waals surface area contributed by atoms with Crippen LogP contribution in [0, 0.1) is 6.92 Å². The van der Waals surface area contributed by atoms with Crippen molar-refractivity contribution < 1.29 is 5.11 Å². The molecule has 1 aromatic rings. The normalized spacial score (nSPS) is 20.1. The largest absolute Gasteiger partial charge is 0.392 e. The Bertz CT molecular complexity index is 333. The number of aromatic nitrogens is 2. The summed E-state index contributed by atoms with van der Waals surface area (Å²) in [6.45, 7) is 8.50. The van der Waals surface area contributed by atoms with Gasteiger partial charge in [0.05, 0.1) is 6.10 Å². The predicted octanol–water partition coefficient (Wildman–Crippen LogP) is 0.349. The number of anilines is 1. The second-order valence-electron chi connectivity index (χ2n) is 4.24. The van der Waals surface area contributed by atoms with E-state index in [1.54, 1.807) is 11.3 Å². The average molecular weight is 242 g/mol. The van der Waals surface area contributed by atoms with E-state index in [-0.39, 0.29) is 6.10 Å². The number of β-amino-alcohol motifs (C(OH)–C–C–N with tert-alkyl or cyclic N) is 1. The molecule has 90 valence electrons. The maximum Gasteiger partial charge on any atom is 0.208 e. The van der Waals surface area contributed by atoms with Gasteiger partial charge in [0.2, 0.25) is 5.13 Å². The summed E-state index contributed by atoms with van der Waals surface area (Å²) >= 11 is 1.65. The van der Waals surface area contributed by atoms with E-state index in [1.165, 1.54) is 0 Å². The van der Waals surface area contributed by atoms with Crippen LogP contribution in [0.15, 0.2) is 0 Å². The lowest BCUT2D eigenvalue weighted by Crippen LogP contribution is -2.48. The molecule has 0 bridgehead atoms. The predicted molar refractivity (Wildman–Crippen MR) is 65.0 cm³/mol. The number of aryl methyl sites for hydroxylation is 1. The van der Waals surface area contributed by atoms with E-state index in [4.69, 9.17) is 0 Å². The molecule has 1 aromatic heterocycles. The van der Waals surface area contributed by atoms with Crippen molar-refractivity contribution in [1.29, 1.82) is 0 Å². The molecule has 0 aliphatic carbocycles. The summed E-state index contributed by atoms with van der Waals surface area (Å²) in [6, 6.07) is 0. The van der Waals surface area contributed by atoms with Crippen molar-refractivity contribution in [1.82, 2.24) is 15.1 Å². The zero-order chi connectivity index (χ0) is 11.5. The van der Waals surface area contributed by atoms with Gasteiger partial charge >= 0.3 is 0 Å². The van der Waals surface area contributed by atoms with E-state index in [2.05, 4.69) is 20.0 Å². The van der Waals surface area contributed by atoms with Crippen LogP contribution in [0.25, 0.3) is 0 Å². The minimum atomic E-state index is -0.240. The average Bonchev–Trinajstić information content (AvgIpc) is 2.65. The molecule has 1 fully saturated rings. The molecule has 1 aliphatic heterocycles. The Morgan fingerprint density at radius 2 is 2.00 bits per heavy atom. The fourth-order valence-electron chi connectivity index (χ4n) is 1.91. The Morgan fingerprint density at radius 1 is 1.31 bits per heavy atom. The highest BCUT2D eigenvalue weighted by atomic mass is 32.1. The molecule has 0 spiro atoms.